The number of aromatic amines is 2. The Morgan fingerprint density at radius 3 is 1.03 bits per heavy atom. The molecule has 5 heterocycles. The van der Waals surface area contributed by atoms with Crippen molar-refractivity contribution in [2.24, 2.45) is 0 Å². The summed E-state index contributed by atoms with van der Waals surface area (Å²) >= 11 is 0. The first-order valence-electron chi connectivity index (χ1n) is 33.9. The molecule has 0 radical (unpaired) electrons. The Kier molecular flexibility index (Phi) is 18.7. The summed E-state index contributed by atoms with van der Waals surface area (Å²) in [6, 6.07) is 49.8. The molecule has 9 aromatic rings. The second kappa shape index (κ2) is 26.5. The zero-order valence-electron chi connectivity index (χ0n) is 56.6. The van der Waals surface area contributed by atoms with Crippen LogP contribution in [0.4, 0.5) is 0 Å². The highest BCUT2D eigenvalue weighted by atomic mass is 16.5. The van der Waals surface area contributed by atoms with Gasteiger partial charge in [-0.2, -0.15) is 0 Å². The first kappa shape index (κ1) is 63.6. The van der Waals surface area contributed by atoms with Gasteiger partial charge in [0, 0.05) is 60.7 Å². The third-order valence-electron chi connectivity index (χ3n) is 18.4. The van der Waals surface area contributed by atoms with Gasteiger partial charge in [-0.1, -0.05) is 252 Å². The van der Waals surface area contributed by atoms with Crippen LogP contribution >= 0.6 is 0 Å². The van der Waals surface area contributed by atoms with Crippen LogP contribution in [-0.4, -0.2) is 33.1 Å². The van der Waals surface area contributed by atoms with Gasteiger partial charge < -0.3 is 19.4 Å². The lowest BCUT2D eigenvalue weighted by Crippen LogP contribution is -2.16. The third kappa shape index (κ3) is 13.8. The fourth-order valence-electron chi connectivity index (χ4n) is 13.0. The molecule has 6 aromatic carbocycles. The molecule has 2 aliphatic heterocycles. The number of ether oxygens (including phenoxy) is 2. The molecule has 6 nitrogen and oxygen atoms in total. The Labute approximate surface area is 537 Å². The molecule has 0 fully saturated rings. The maximum absolute atomic E-state index is 6.95. The smallest absolute Gasteiger partial charge is 0.127 e. The van der Waals surface area contributed by atoms with E-state index in [0.717, 1.165) is 148 Å². The van der Waals surface area contributed by atoms with Crippen LogP contribution in [0.5, 0.6) is 11.5 Å². The van der Waals surface area contributed by atoms with Crippen molar-refractivity contribution < 1.29 is 9.47 Å². The number of fused-ring (bicyclic) bond motifs is 10. The number of nitrogens with one attached hydrogen (secondary N) is 2. The van der Waals surface area contributed by atoms with E-state index in [2.05, 4.69) is 265 Å². The Bertz CT molecular complexity index is 4100. The van der Waals surface area contributed by atoms with Crippen LogP contribution < -0.4 is 9.47 Å². The molecule has 2 aliphatic rings. The zero-order chi connectivity index (χ0) is 63.5. The highest BCUT2D eigenvalue weighted by molar-refractivity contribution is 6.18. The number of benzene rings is 6. The van der Waals surface area contributed by atoms with Crippen LogP contribution in [0.25, 0.3) is 112 Å². The van der Waals surface area contributed by atoms with Crippen LogP contribution in [-0.2, 0) is 21.7 Å². The number of H-pyrrole nitrogens is 2. The van der Waals surface area contributed by atoms with E-state index in [1.807, 2.05) is 0 Å². The maximum atomic E-state index is 6.95. The normalized spacial score (nSPS) is 12.9. The van der Waals surface area contributed by atoms with E-state index in [4.69, 9.17) is 19.4 Å². The van der Waals surface area contributed by atoms with Crippen LogP contribution in [0.2, 0.25) is 0 Å². The van der Waals surface area contributed by atoms with Gasteiger partial charge in [-0.3, -0.25) is 0 Å². The van der Waals surface area contributed by atoms with Crippen LogP contribution in [0.15, 0.2) is 133 Å². The molecule has 466 valence electrons. The molecule has 0 amide bonds. The second-order valence-electron chi connectivity index (χ2n) is 29.7. The fourth-order valence-corrected chi connectivity index (χ4v) is 13.0. The molecule has 0 atom stereocenters. The standard InChI is InChI=1S/C84H98N4O2/c1-15-17-19-21-23-28-46-89-74-36-30-34-62-64(74)54-65-63(35-31-37-75(65)90-47-29-24-22-20-18-16-2)79(62)80-72-44-42-70(87-72)77(56-48-58(81(3,4)5)52-59(49-56)82(6,7)8)68-40-38-66(85-68)76(55-32-26-25-27-33-55)67-39-41-69(86-67)78(71-43-45-73(80)88-71)57-50-60(83(9,10)11)53-61(51-57)84(12,13)14/h25-27,30-45,48-54,85,88H,15-24,28-29,46-47H2,1-14H3. The van der Waals surface area contributed by atoms with Crippen molar-refractivity contribution in [1.29, 1.82) is 0 Å². The minimum absolute atomic E-state index is 0.121. The minimum Gasteiger partial charge on any atom is -0.493 e. The Morgan fingerprint density at radius 2 is 0.656 bits per heavy atom. The predicted molar refractivity (Wildman–Crippen MR) is 388 cm³/mol. The molecule has 3 aromatic heterocycles. The summed E-state index contributed by atoms with van der Waals surface area (Å²) in [6.45, 7) is 33.7. The molecule has 90 heavy (non-hydrogen) atoms. The predicted octanol–water partition coefficient (Wildman–Crippen LogP) is 24.3. The molecule has 0 saturated carbocycles. The average Bonchev–Trinajstić information content (AvgIpc) is 1.22. The van der Waals surface area contributed by atoms with Gasteiger partial charge in [0.2, 0.25) is 0 Å². The van der Waals surface area contributed by atoms with Crippen LogP contribution in [0.1, 0.15) is 219 Å². The van der Waals surface area contributed by atoms with E-state index in [1.54, 1.807) is 0 Å². The van der Waals surface area contributed by atoms with Crippen molar-refractivity contribution in [3.05, 3.63) is 178 Å². The Morgan fingerprint density at radius 1 is 0.311 bits per heavy atom. The summed E-state index contributed by atoms with van der Waals surface area (Å²) < 4.78 is 13.9. The first-order chi connectivity index (χ1) is 43.1. The summed E-state index contributed by atoms with van der Waals surface area (Å²) in [7, 11) is 0. The molecule has 2 N–H and O–H groups in total. The van der Waals surface area contributed by atoms with Crippen molar-refractivity contribution in [3.63, 3.8) is 0 Å². The number of unbranched alkanes of at least 4 members (excludes halogenated alkanes) is 10. The molecule has 6 heteroatoms. The minimum atomic E-state index is -0.121. The van der Waals surface area contributed by atoms with Gasteiger partial charge in [0.25, 0.3) is 0 Å². The summed E-state index contributed by atoms with van der Waals surface area (Å²) in [5, 5.41) is 4.30. The molecule has 11 rings (SSSR count). The number of nitrogens with zero attached hydrogens (tertiary/aromatic N) is 2. The van der Waals surface area contributed by atoms with E-state index in [0.29, 0.717) is 13.2 Å². The van der Waals surface area contributed by atoms with Gasteiger partial charge in [-0.15, -0.1) is 0 Å². The fraction of sp³-hybridized carbons (Fsp3) is 0.381. The summed E-state index contributed by atoms with van der Waals surface area (Å²) in [5.74, 6) is 1.76. The molecule has 0 unspecified atom stereocenters. The van der Waals surface area contributed by atoms with Crippen molar-refractivity contribution >= 4 is 67.9 Å². The lowest BCUT2D eigenvalue weighted by atomic mass is 9.78. The van der Waals surface area contributed by atoms with Gasteiger partial charge in [0.15, 0.2) is 0 Å². The highest BCUT2D eigenvalue weighted by Crippen LogP contribution is 2.48. The zero-order valence-corrected chi connectivity index (χ0v) is 56.6. The number of aromatic nitrogens is 4. The summed E-state index contributed by atoms with van der Waals surface area (Å²) in [6.07, 6.45) is 23.3. The molecule has 0 saturated heterocycles. The van der Waals surface area contributed by atoms with E-state index >= 15 is 0 Å². The lowest BCUT2D eigenvalue weighted by molar-refractivity contribution is 0.307. The Balaban J connectivity index is 1.29. The number of hydrogen-bond acceptors (Lipinski definition) is 4. The van der Waals surface area contributed by atoms with Crippen molar-refractivity contribution in [2.75, 3.05) is 13.2 Å². The quantitative estimate of drug-likeness (QED) is 0.0589. The molecule has 0 spiro atoms. The van der Waals surface area contributed by atoms with Gasteiger partial charge >= 0.3 is 0 Å². The van der Waals surface area contributed by atoms with E-state index in [9.17, 15) is 0 Å². The van der Waals surface area contributed by atoms with Crippen molar-refractivity contribution in [1.82, 2.24) is 19.9 Å². The maximum Gasteiger partial charge on any atom is 0.127 e. The third-order valence-corrected chi connectivity index (χ3v) is 18.4. The van der Waals surface area contributed by atoms with Gasteiger partial charge in [-0.05, 0) is 151 Å². The Hall–Kier alpha value is -7.96. The monoisotopic (exact) mass is 1190 g/mol. The largest absolute Gasteiger partial charge is 0.493 e. The average molecular weight is 1200 g/mol. The van der Waals surface area contributed by atoms with Crippen LogP contribution in [0.3, 0.4) is 0 Å². The molecule has 8 bridgehead atoms. The van der Waals surface area contributed by atoms with Crippen molar-refractivity contribution in [3.8, 4) is 56.0 Å². The van der Waals surface area contributed by atoms with Crippen molar-refractivity contribution in [2.45, 2.75) is 196 Å². The van der Waals surface area contributed by atoms with E-state index in [1.165, 1.54) is 73.6 Å². The van der Waals surface area contributed by atoms with E-state index in [-0.39, 0.29) is 21.7 Å². The summed E-state index contributed by atoms with van der Waals surface area (Å²) in [4.78, 5) is 20.0. The topological polar surface area (TPSA) is 75.8 Å². The molecular weight excluding hydrogens is 1100 g/mol. The van der Waals surface area contributed by atoms with Crippen LogP contribution in [0, 0.1) is 0 Å². The van der Waals surface area contributed by atoms with Gasteiger partial charge in [-0.25, -0.2) is 9.97 Å². The number of hydrogen-bond donors (Lipinski definition) is 2. The SMILES string of the molecule is CCCCCCCCOc1cccc2c(-c3c4nc(c(-c5cc(C(C)(C)C)cc(C(C)(C)C)c5)c5ccc([nH]5)c(-c5ccccc5)c5nc(c(-c6cc(C(C)(C)C)cc(C(C)(C)C)c6)c6ccc3[nH]6)C=C5)C=C4)c3cccc(OCCCCCCCC)c3cc12. The lowest BCUT2D eigenvalue weighted by Gasteiger charge is -2.26. The van der Waals surface area contributed by atoms with Gasteiger partial charge in [0.05, 0.1) is 36.0 Å². The van der Waals surface area contributed by atoms with E-state index < -0.39 is 0 Å². The summed E-state index contributed by atoms with van der Waals surface area (Å²) in [5.41, 5.74) is 20.5. The molecular formula is C84H98N4O2. The molecule has 0 aliphatic carbocycles. The first-order valence-corrected chi connectivity index (χ1v) is 33.9. The highest BCUT2D eigenvalue weighted by Gasteiger charge is 2.28. The number of rotatable bonds is 20. The second-order valence-corrected chi connectivity index (χ2v) is 29.7. The van der Waals surface area contributed by atoms with Gasteiger partial charge in [0.1, 0.15) is 11.5 Å².